The number of benzene rings is 1. The van der Waals surface area contributed by atoms with E-state index in [4.69, 9.17) is 15.0 Å². The maximum atomic E-state index is 14.7. The van der Waals surface area contributed by atoms with Gasteiger partial charge < -0.3 is 9.47 Å². The molecule has 0 aliphatic rings. The topological polar surface area (TPSA) is 67.2 Å². The van der Waals surface area contributed by atoms with Crippen LogP contribution in [0.5, 0.6) is 11.5 Å². The fourth-order valence-electron chi connectivity index (χ4n) is 2.38. The van der Waals surface area contributed by atoms with Gasteiger partial charge >= 0.3 is 0 Å². The molecule has 0 aromatic heterocycles. The molecule has 7 heteroatoms. The number of hydrogen-bond acceptors (Lipinski definition) is 3. The fraction of sp³-hybridized carbons (Fsp3) is 0.600. The van der Waals surface area contributed by atoms with Gasteiger partial charge in [-0.25, -0.2) is 4.39 Å². The van der Waals surface area contributed by atoms with Crippen LogP contribution in [0.3, 0.4) is 0 Å². The Bertz CT molecular complexity index is 570. The molecule has 0 aliphatic heterocycles. The van der Waals surface area contributed by atoms with E-state index in [1.807, 2.05) is 20.8 Å². The Morgan fingerprint density at radius 1 is 1.23 bits per heavy atom. The molecule has 0 heterocycles. The number of ether oxygens (including phenoxy) is 2. The highest BCUT2D eigenvalue weighted by Crippen LogP contribution is 2.45. The lowest BCUT2D eigenvalue weighted by Crippen LogP contribution is -2.22. The van der Waals surface area contributed by atoms with Gasteiger partial charge in [-0.2, -0.15) is 0 Å². The lowest BCUT2D eigenvalue weighted by Gasteiger charge is -2.29. The molecule has 1 aromatic carbocycles. The van der Waals surface area contributed by atoms with Crippen molar-refractivity contribution >= 4 is 15.9 Å². The molecule has 0 atom stereocenters. The Balaban J connectivity index is 3.64. The van der Waals surface area contributed by atoms with E-state index in [1.165, 1.54) is 0 Å². The Kier molecular flexibility index (Phi) is 6.97. The average molecular weight is 374 g/mol. The van der Waals surface area contributed by atoms with Crippen LogP contribution in [-0.2, 0) is 5.54 Å². The van der Waals surface area contributed by atoms with Gasteiger partial charge in [-0.15, -0.1) is 0 Å². The first-order chi connectivity index (χ1) is 10.5. The lowest BCUT2D eigenvalue weighted by atomic mass is 9.85. The lowest BCUT2D eigenvalue weighted by molar-refractivity contribution is 0.272. The van der Waals surface area contributed by atoms with Crippen molar-refractivity contribution in [2.24, 2.45) is 5.11 Å². The molecular weight excluding hydrogens is 353 g/mol. The SMILES string of the molecule is CCOc1cc(C(CC)(CC)N=[N+]=[N-])c(Br)c(F)c1OCC. The standard InChI is InChI=1S/C15H21BrFN3O2/c1-5-15(6-2,19-20-18)10-9-11(21-7-3)14(22-8-4)13(17)12(10)16/h9H,5-8H2,1-4H3. The van der Waals surface area contributed by atoms with Crippen molar-refractivity contribution in [3.05, 3.63) is 32.4 Å². The molecule has 0 aliphatic carbocycles. The van der Waals surface area contributed by atoms with Gasteiger partial charge in [-0.3, -0.25) is 0 Å². The average Bonchev–Trinajstić information content (AvgIpc) is 2.52. The van der Waals surface area contributed by atoms with E-state index in [-0.39, 0.29) is 10.2 Å². The molecule has 0 unspecified atom stereocenters. The fourth-order valence-corrected chi connectivity index (χ4v) is 3.04. The van der Waals surface area contributed by atoms with E-state index >= 15 is 0 Å². The maximum Gasteiger partial charge on any atom is 0.198 e. The molecule has 0 spiro atoms. The summed E-state index contributed by atoms with van der Waals surface area (Å²) in [7, 11) is 0. The highest BCUT2D eigenvalue weighted by molar-refractivity contribution is 9.10. The Morgan fingerprint density at radius 3 is 2.27 bits per heavy atom. The molecule has 5 nitrogen and oxygen atoms in total. The van der Waals surface area contributed by atoms with Gasteiger partial charge in [0.15, 0.2) is 17.3 Å². The summed E-state index contributed by atoms with van der Waals surface area (Å²) in [5.74, 6) is -0.149. The van der Waals surface area contributed by atoms with Crippen molar-refractivity contribution in [1.82, 2.24) is 0 Å². The minimum atomic E-state index is -0.828. The number of rotatable bonds is 8. The van der Waals surface area contributed by atoms with Crippen LogP contribution in [-0.4, -0.2) is 13.2 Å². The monoisotopic (exact) mass is 373 g/mol. The summed E-state index contributed by atoms with van der Waals surface area (Å²) in [5.41, 5.74) is 8.63. The van der Waals surface area contributed by atoms with E-state index in [9.17, 15) is 4.39 Å². The molecular formula is C15H21BrFN3O2. The van der Waals surface area contributed by atoms with E-state index in [0.29, 0.717) is 37.4 Å². The number of azide groups is 1. The van der Waals surface area contributed by atoms with Crippen LogP contribution in [0.2, 0.25) is 0 Å². The summed E-state index contributed by atoms with van der Waals surface area (Å²) in [6, 6.07) is 1.70. The van der Waals surface area contributed by atoms with E-state index < -0.39 is 11.4 Å². The molecule has 22 heavy (non-hydrogen) atoms. The molecule has 0 saturated heterocycles. The van der Waals surface area contributed by atoms with Crippen LogP contribution in [0.25, 0.3) is 10.4 Å². The first-order valence-corrected chi connectivity index (χ1v) is 8.14. The van der Waals surface area contributed by atoms with E-state index in [2.05, 4.69) is 26.0 Å². The summed E-state index contributed by atoms with van der Waals surface area (Å²) in [6.07, 6.45) is 1.09. The predicted molar refractivity (Wildman–Crippen MR) is 87.8 cm³/mol. The van der Waals surface area contributed by atoms with Crippen LogP contribution < -0.4 is 9.47 Å². The maximum absolute atomic E-state index is 14.7. The molecule has 0 amide bonds. The molecule has 0 N–H and O–H groups in total. The van der Waals surface area contributed by atoms with E-state index in [1.54, 1.807) is 13.0 Å². The van der Waals surface area contributed by atoms with Crippen molar-refractivity contribution in [2.45, 2.75) is 46.1 Å². The summed E-state index contributed by atoms with van der Waals surface area (Å²) < 4.78 is 25.8. The van der Waals surface area contributed by atoms with Crippen molar-refractivity contribution in [3.8, 4) is 11.5 Å². The predicted octanol–water partition coefficient (Wildman–Crippen LogP) is 5.71. The molecule has 1 rings (SSSR count). The third-order valence-electron chi connectivity index (χ3n) is 3.62. The van der Waals surface area contributed by atoms with Crippen LogP contribution in [0, 0.1) is 5.82 Å². The Morgan fingerprint density at radius 2 is 1.82 bits per heavy atom. The van der Waals surface area contributed by atoms with Crippen molar-refractivity contribution in [3.63, 3.8) is 0 Å². The quantitative estimate of drug-likeness (QED) is 0.332. The van der Waals surface area contributed by atoms with Gasteiger partial charge in [0.25, 0.3) is 0 Å². The zero-order valence-electron chi connectivity index (χ0n) is 13.3. The molecule has 1 aromatic rings. The normalized spacial score (nSPS) is 11.0. The van der Waals surface area contributed by atoms with Crippen molar-refractivity contribution < 1.29 is 13.9 Å². The van der Waals surface area contributed by atoms with Gasteiger partial charge in [0, 0.05) is 4.91 Å². The second kappa shape index (κ2) is 8.25. The number of halogens is 2. The second-order valence-corrected chi connectivity index (χ2v) is 5.47. The van der Waals surface area contributed by atoms with Gasteiger partial charge in [0.1, 0.15) is 0 Å². The van der Waals surface area contributed by atoms with E-state index in [0.717, 1.165) is 0 Å². The van der Waals surface area contributed by atoms with Crippen LogP contribution >= 0.6 is 15.9 Å². The highest BCUT2D eigenvalue weighted by Gasteiger charge is 2.33. The minimum Gasteiger partial charge on any atom is -0.490 e. The first-order valence-electron chi connectivity index (χ1n) is 7.35. The molecule has 0 saturated carbocycles. The zero-order chi connectivity index (χ0) is 16.8. The first kappa shape index (κ1) is 18.6. The molecule has 122 valence electrons. The van der Waals surface area contributed by atoms with Crippen molar-refractivity contribution in [2.75, 3.05) is 13.2 Å². The Hall–Kier alpha value is -1.46. The number of nitrogens with zero attached hydrogens (tertiary/aromatic N) is 3. The van der Waals surface area contributed by atoms with Crippen LogP contribution in [0.4, 0.5) is 4.39 Å². The van der Waals surface area contributed by atoms with Gasteiger partial charge in [-0.05, 0) is 59.8 Å². The summed E-state index contributed by atoms with van der Waals surface area (Å²) in [4.78, 5) is 2.94. The number of hydrogen-bond donors (Lipinski definition) is 0. The van der Waals surface area contributed by atoms with Gasteiger partial charge in [0.2, 0.25) is 0 Å². The summed E-state index contributed by atoms with van der Waals surface area (Å²) in [6.45, 7) is 8.10. The van der Waals surface area contributed by atoms with Gasteiger partial charge in [0.05, 0.1) is 23.2 Å². The second-order valence-electron chi connectivity index (χ2n) is 4.67. The third-order valence-corrected chi connectivity index (χ3v) is 4.40. The highest BCUT2D eigenvalue weighted by atomic mass is 79.9. The Labute approximate surface area is 138 Å². The zero-order valence-corrected chi connectivity index (χ0v) is 14.9. The molecule has 0 radical (unpaired) electrons. The summed E-state index contributed by atoms with van der Waals surface area (Å²) >= 11 is 3.28. The van der Waals surface area contributed by atoms with Gasteiger partial charge in [-0.1, -0.05) is 19.0 Å². The smallest absolute Gasteiger partial charge is 0.198 e. The third kappa shape index (κ3) is 3.47. The van der Waals surface area contributed by atoms with Crippen LogP contribution in [0.1, 0.15) is 46.1 Å². The van der Waals surface area contributed by atoms with Crippen LogP contribution in [0.15, 0.2) is 15.7 Å². The molecule has 0 bridgehead atoms. The largest absolute Gasteiger partial charge is 0.490 e. The van der Waals surface area contributed by atoms with Crippen molar-refractivity contribution in [1.29, 1.82) is 0 Å². The minimum absolute atomic E-state index is 0.0713. The molecule has 0 fully saturated rings. The summed E-state index contributed by atoms with van der Waals surface area (Å²) in [5, 5.41) is 3.93.